The number of carbonyl (C=O) groups is 1. The first-order chi connectivity index (χ1) is 11.2. The molecule has 2 fully saturated rings. The van der Waals surface area contributed by atoms with Gasteiger partial charge in [0.2, 0.25) is 9.70 Å². The summed E-state index contributed by atoms with van der Waals surface area (Å²) >= 11 is 29.3. The average molecular weight is 473 g/mol. The zero-order valence-corrected chi connectivity index (χ0v) is 18.1. The van der Waals surface area contributed by atoms with Crippen molar-refractivity contribution in [3.05, 3.63) is 10.6 Å². The highest BCUT2D eigenvalue weighted by molar-refractivity contribution is 7.91. The Labute approximate surface area is 172 Å². The lowest BCUT2D eigenvalue weighted by Crippen LogP contribution is -2.57. The van der Waals surface area contributed by atoms with Crippen molar-refractivity contribution in [1.29, 1.82) is 0 Å². The smallest absolute Gasteiger partial charge is 0.225 e. The van der Waals surface area contributed by atoms with E-state index in [2.05, 4.69) is 10.6 Å². The zero-order chi connectivity index (χ0) is 19.2. The Bertz CT molecular complexity index is 670. The van der Waals surface area contributed by atoms with Crippen molar-refractivity contribution in [2.45, 2.75) is 36.3 Å². The van der Waals surface area contributed by atoms with Crippen LogP contribution in [0.25, 0.3) is 0 Å². The largest absolute Gasteiger partial charge is 0.336 e. The Kier molecular flexibility index (Phi) is 6.59. The van der Waals surface area contributed by atoms with E-state index >= 15 is 0 Å². The zero-order valence-electron chi connectivity index (χ0n) is 13.5. The first-order valence-electron chi connectivity index (χ1n) is 7.60. The summed E-state index contributed by atoms with van der Waals surface area (Å²) in [4.78, 5) is 12.6. The van der Waals surface area contributed by atoms with Gasteiger partial charge in [0.05, 0.1) is 17.4 Å². The molecule has 1 heterocycles. The minimum Gasteiger partial charge on any atom is -0.336 e. The van der Waals surface area contributed by atoms with Gasteiger partial charge in [-0.1, -0.05) is 71.9 Å². The average Bonchev–Trinajstić information content (AvgIpc) is 2.75. The molecular formula is C14H19Cl5N2O3S. The summed E-state index contributed by atoms with van der Waals surface area (Å²) in [6.07, 6.45) is 1.00. The molecule has 1 aliphatic carbocycles. The van der Waals surface area contributed by atoms with Crippen molar-refractivity contribution < 1.29 is 13.2 Å². The molecule has 4 atom stereocenters. The van der Waals surface area contributed by atoms with Crippen molar-refractivity contribution in [2.24, 2.45) is 17.3 Å². The van der Waals surface area contributed by atoms with Crippen LogP contribution in [0.5, 0.6) is 0 Å². The fraction of sp³-hybridized carbons (Fsp3) is 0.786. The molecule has 1 amide bonds. The number of amides is 1. The molecule has 2 aliphatic rings. The molecule has 0 bridgehead atoms. The lowest BCUT2D eigenvalue weighted by molar-refractivity contribution is -0.124. The van der Waals surface area contributed by atoms with Crippen LogP contribution in [0.3, 0.4) is 0 Å². The number of nitrogens with one attached hydrogen (secondary N) is 2. The Morgan fingerprint density at radius 2 is 1.88 bits per heavy atom. The molecule has 25 heavy (non-hydrogen) atoms. The number of halogens is 5. The Morgan fingerprint density at radius 3 is 2.32 bits per heavy atom. The second-order valence-electron chi connectivity index (χ2n) is 7.03. The van der Waals surface area contributed by atoms with Crippen molar-refractivity contribution in [3.8, 4) is 0 Å². The van der Waals surface area contributed by atoms with E-state index < -0.39 is 19.8 Å². The molecule has 11 heteroatoms. The normalized spacial score (nSPS) is 31.2. The number of hydrogen-bond donors (Lipinski definition) is 2. The summed E-state index contributed by atoms with van der Waals surface area (Å²) in [5, 5.41) is 5.61. The molecule has 2 N–H and O–H groups in total. The maximum atomic E-state index is 12.6. The number of allylic oxidation sites excluding steroid dienone is 1. The highest BCUT2D eigenvalue weighted by Gasteiger charge is 2.61. The third-order valence-corrected chi connectivity index (χ3v) is 7.42. The number of hydrogen-bond acceptors (Lipinski definition) is 4. The molecule has 0 spiro atoms. The van der Waals surface area contributed by atoms with Crippen LogP contribution in [-0.4, -0.2) is 41.8 Å². The molecule has 0 unspecified atom stereocenters. The van der Waals surface area contributed by atoms with Crippen LogP contribution in [-0.2, 0) is 14.6 Å². The second-order valence-corrected chi connectivity index (χ2v) is 12.6. The van der Waals surface area contributed by atoms with Crippen LogP contribution in [0.15, 0.2) is 10.6 Å². The minimum absolute atomic E-state index is 0.0533. The monoisotopic (exact) mass is 470 g/mol. The molecule has 0 aromatic rings. The highest BCUT2D eigenvalue weighted by atomic mass is 35.6. The standard InChI is InChI=1S/C14H19Cl5N2O3S/c1-13(2)8(5-9(15)16)10(13)11(22)21-12(14(17,18)19)20-7-3-4-25(23,24)6-7/h5,7-8,10,12,20H,3-4,6H2,1-2H3,(H,21,22)/t7-,8-,10-,12-/m1/s1. The van der Waals surface area contributed by atoms with E-state index in [1.54, 1.807) is 6.08 Å². The molecule has 1 saturated heterocycles. The van der Waals surface area contributed by atoms with E-state index in [0.29, 0.717) is 6.42 Å². The van der Waals surface area contributed by atoms with Crippen LogP contribution >= 0.6 is 58.0 Å². The predicted octanol–water partition coefficient (Wildman–Crippen LogP) is 3.17. The summed E-state index contributed by atoms with van der Waals surface area (Å²) in [6, 6.07) is -0.383. The van der Waals surface area contributed by atoms with Gasteiger partial charge in [0.1, 0.15) is 10.7 Å². The van der Waals surface area contributed by atoms with E-state index in [-0.39, 0.29) is 45.2 Å². The van der Waals surface area contributed by atoms with Gasteiger partial charge in [-0.25, -0.2) is 8.42 Å². The van der Waals surface area contributed by atoms with E-state index in [9.17, 15) is 13.2 Å². The van der Waals surface area contributed by atoms with Crippen molar-refractivity contribution in [1.82, 2.24) is 10.6 Å². The Hall–Kier alpha value is 0.570. The lowest BCUT2D eigenvalue weighted by Gasteiger charge is -2.29. The van der Waals surface area contributed by atoms with Crippen LogP contribution in [0.1, 0.15) is 20.3 Å². The summed E-state index contributed by atoms with van der Waals surface area (Å²) in [7, 11) is -3.10. The van der Waals surface area contributed by atoms with Crippen LogP contribution < -0.4 is 10.6 Å². The molecule has 0 aromatic carbocycles. The maximum Gasteiger partial charge on any atom is 0.225 e. The Balaban J connectivity index is 2.06. The van der Waals surface area contributed by atoms with Crippen LogP contribution in [0.4, 0.5) is 0 Å². The number of alkyl halides is 3. The highest BCUT2D eigenvalue weighted by Crippen LogP contribution is 2.59. The number of carbonyl (C=O) groups excluding carboxylic acids is 1. The van der Waals surface area contributed by atoms with Crippen molar-refractivity contribution in [3.63, 3.8) is 0 Å². The maximum absolute atomic E-state index is 12.6. The summed E-state index contributed by atoms with van der Waals surface area (Å²) in [5.41, 5.74) is -0.325. The molecule has 2 rings (SSSR count). The SMILES string of the molecule is CC1(C)[C@H](C=C(Cl)Cl)[C@@H]1C(=O)N[C@@H](N[C@@H]1CCS(=O)(=O)C1)C(Cl)(Cl)Cl. The fourth-order valence-electron chi connectivity index (χ4n) is 3.24. The van der Waals surface area contributed by atoms with E-state index in [1.807, 2.05) is 13.8 Å². The molecule has 144 valence electrons. The molecule has 5 nitrogen and oxygen atoms in total. The van der Waals surface area contributed by atoms with Crippen LogP contribution in [0, 0.1) is 17.3 Å². The van der Waals surface area contributed by atoms with Gasteiger partial charge in [-0.3, -0.25) is 10.1 Å². The first kappa shape index (κ1) is 21.9. The summed E-state index contributed by atoms with van der Waals surface area (Å²) in [5.74, 6) is -0.792. The fourth-order valence-corrected chi connectivity index (χ4v) is 5.55. The number of sulfone groups is 1. The third-order valence-electron chi connectivity index (χ3n) is 4.75. The molecule has 1 aliphatic heterocycles. The van der Waals surface area contributed by atoms with Gasteiger partial charge in [0.25, 0.3) is 0 Å². The molecule has 0 radical (unpaired) electrons. The second kappa shape index (κ2) is 7.53. The summed E-state index contributed by atoms with van der Waals surface area (Å²) < 4.78 is 21.4. The third kappa shape index (κ3) is 5.53. The quantitative estimate of drug-likeness (QED) is 0.476. The van der Waals surface area contributed by atoms with Gasteiger partial charge in [-0.2, -0.15) is 0 Å². The van der Waals surface area contributed by atoms with Gasteiger partial charge in [-0.05, 0) is 23.8 Å². The van der Waals surface area contributed by atoms with E-state index in [4.69, 9.17) is 58.0 Å². The topological polar surface area (TPSA) is 75.3 Å². The Morgan fingerprint density at radius 1 is 1.28 bits per heavy atom. The van der Waals surface area contributed by atoms with Crippen molar-refractivity contribution >= 4 is 73.7 Å². The molecular weight excluding hydrogens is 453 g/mol. The summed E-state index contributed by atoms with van der Waals surface area (Å²) in [6.45, 7) is 3.83. The molecule has 1 saturated carbocycles. The van der Waals surface area contributed by atoms with Crippen molar-refractivity contribution in [2.75, 3.05) is 11.5 Å². The van der Waals surface area contributed by atoms with E-state index in [0.717, 1.165) is 0 Å². The lowest BCUT2D eigenvalue weighted by atomic mass is 10.1. The predicted molar refractivity (Wildman–Crippen MR) is 103 cm³/mol. The van der Waals surface area contributed by atoms with Gasteiger partial charge >= 0.3 is 0 Å². The van der Waals surface area contributed by atoms with Gasteiger partial charge in [0, 0.05) is 6.04 Å². The van der Waals surface area contributed by atoms with Gasteiger partial charge in [0.15, 0.2) is 9.84 Å². The first-order valence-corrected chi connectivity index (χ1v) is 11.3. The van der Waals surface area contributed by atoms with Gasteiger partial charge in [-0.15, -0.1) is 0 Å². The van der Waals surface area contributed by atoms with Crippen LogP contribution in [0.2, 0.25) is 0 Å². The molecule has 0 aromatic heterocycles. The minimum atomic E-state index is -3.10. The van der Waals surface area contributed by atoms with E-state index in [1.165, 1.54) is 0 Å². The van der Waals surface area contributed by atoms with Gasteiger partial charge < -0.3 is 5.32 Å². The number of rotatable bonds is 5.